The molecule has 0 radical (unpaired) electrons. The predicted octanol–water partition coefficient (Wildman–Crippen LogP) is 3.50. The molecule has 3 N–H and O–H groups in total. The molecule has 0 fully saturated rings. The Kier molecular flexibility index (Phi) is 6.74. The van der Waals surface area contributed by atoms with Crippen molar-refractivity contribution in [1.29, 1.82) is 0 Å². The van der Waals surface area contributed by atoms with E-state index in [-0.39, 0.29) is 24.1 Å². The SMILES string of the molecule is CC(=O)Nc1ccc(NC(=O)C[C@H](NC(C)=O)c2ccccc2Cl)cc1. The highest BCUT2D eigenvalue weighted by Gasteiger charge is 2.19. The van der Waals surface area contributed by atoms with Crippen LogP contribution in [0.15, 0.2) is 48.5 Å². The minimum atomic E-state index is -0.528. The van der Waals surface area contributed by atoms with E-state index in [0.29, 0.717) is 22.0 Å². The van der Waals surface area contributed by atoms with Gasteiger partial charge in [-0.3, -0.25) is 14.4 Å². The van der Waals surface area contributed by atoms with Crippen molar-refractivity contribution in [1.82, 2.24) is 5.32 Å². The Hall–Kier alpha value is -2.86. The molecule has 3 amide bonds. The third-order valence-electron chi connectivity index (χ3n) is 3.54. The van der Waals surface area contributed by atoms with Crippen molar-refractivity contribution < 1.29 is 14.4 Å². The van der Waals surface area contributed by atoms with Crippen LogP contribution in [0.3, 0.4) is 0 Å². The summed E-state index contributed by atoms with van der Waals surface area (Å²) in [6, 6.07) is 13.3. The molecule has 26 heavy (non-hydrogen) atoms. The van der Waals surface area contributed by atoms with E-state index in [9.17, 15) is 14.4 Å². The monoisotopic (exact) mass is 373 g/mol. The maximum Gasteiger partial charge on any atom is 0.226 e. The fourth-order valence-corrected chi connectivity index (χ4v) is 2.75. The topological polar surface area (TPSA) is 87.3 Å². The Morgan fingerprint density at radius 1 is 0.885 bits per heavy atom. The Labute approximate surface area is 156 Å². The summed E-state index contributed by atoms with van der Waals surface area (Å²) in [4.78, 5) is 34.9. The van der Waals surface area contributed by atoms with E-state index in [0.717, 1.165) is 0 Å². The van der Waals surface area contributed by atoms with Gasteiger partial charge >= 0.3 is 0 Å². The molecule has 0 aliphatic rings. The summed E-state index contributed by atoms with van der Waals surface area (Å²) < 4.78 is 0. The first-order valence-electron chi connectivity index (χ1n) is 8.04. The van der Waals surface area contributed by atoms with Gasteiger partial charge in [-0.15, -0.1) is 0 Å². The number of carbonyl (C=O) groups excluding carboxylic acids is 3. The first kappa shape index (κ1) is 19.5. The molecular formula is C19H20ClN3O3. The number of amides is 3. The molecule has 0 bridgehead atoms. The van der Waals surface area contributed by atoms with Crippen LogP contribution < -0.4 is 16.0 Å². The molecule has 0 aliphatic carbocycles. The Morgan fingerprint density at radius 3 is 2.00 bits per heavy atom. The lowest BCUT2D eigenvalue weighted by Gasteiger charge is -2.19. The summed E-state index contributed by atoms with van der Waals surface area (Å²) in [6.07, 6.45) is 0.0385. The second-order valence-electron chi connectivity index (χ2n) is 5.79. The van der Waals surface area contributed by atoms with Crippen LogP contribution in [0.2, 0.25) is 5.02 Å². The van der Waals surface area contributed by atoms with E-state index in [2.05, 4.69) is 16.0 Å². The zero-order chi connectivity index (χ0) is 19.1. The highest BCUT2D eigenvalue weighted by atomic mass is 35.5. The van der Waals surface area contributed by atoms with Crippen LogP contribution in [-0.4, -0.2) is 17.7 Å². The molecule has 0 saturated heterocycles. The van der Waals surface area contributed by atoms with Crippen molar-refractivity contribution in [3.05, 3.63) is 59.1 Å². The van der Waals surface area contributed by atoms with E-state index >= 15 is 0 Å². The normalized spacial score (nSPS) is 11.3. The fraction of sp³-hybridized carbons (Fsp3) is 0.211. The lowest BCUT2D eigenvalue weighted by atomic mass is 10.0. The Bertz CT molecular complexity index is 806. The van der Waals surface area contributed by atoms with E-state index in [1.807, 2.05) is 0 Å². The third-order valence-corrected chi connectivity index (χ3v) is 3.88. The van der Waals surface area contributed by atoms with Crippen LogP contribution in [0.4, 0.5) is 11.4 Å². The minimum Gasteiger partial charge on any atom is -0.349 e. The van der Waals surface area contributed by atoms with Crippen molar-refractivity contribution in [2.45, 2.75) is 26.3 Å². The molecule has 1 atom stereocenters. The largest absolute Gasteiger partial charge is 0.349 e. The summed E-state index contributed by atoms with van der Waals surface area (Å²) in [5, 5.41) is 8.66. The van der Waals surface area contributed by atoms with Crippen LogP contribution in [0, 0.1) is 0 Å². The summed E-state index contributed by atoms with van der Waals surface area (Å²) in [6.45, 7) is 2.81. The molecule has 2 aromatic rings. The van der Waals surface area contributed by atoms with Gasteiger partial charge in [0.1, 0.15) is 0 Å². The Balaban J connectivity index is 2.06. The van der Waals surface area contributed by atoms with Gasteiger partial charge in [-0.05, 0) is 35.9 Å². The van der Waals surface area contributed by atoms with Crippen LogP contribution in [-0.2, 0) is 14.4 Å². The summed E-state index contributed by atoms with van der Waals surface area (Å²) in [5.41, 5.74) is 1.91. The van der Waals surface area contributed by atoms with Crippen molar-refractivity contribution in [2.75, 3.05) is 10.6 Å². The van der Waals surface area contributed by atoms with Gasteiger partial charge in [-0.1, -0.05) is 29.8 Å². The van der Waals surface area contributed by atoms with Gasteiger partial charge in [-0.2, -0.15) is 0 Å². The first-order valence-corrected chi connectivity index (χ1v) is 8.42. The number of nitrogens with one attached hydrogen (secondary N) is 3. The van der Waals surface area contributed by atoms with Crippen LogP contribution >= 0.6 is 11.6 Å². The Morgan fingerprint density at radius 2 is 1.46 bits per heavy atom. The fourth-order valence-electron chi connectivity index (χ4n) is 2.48. The van der Waals surface area contributed by atoms with Crippen LogP contribution in [0.5, 0.6) is 0 Å². The van der Waals surface area contributed by atoms with Crippen LogP contribution in [0.25, 0.3) is 0 Å². The summed E-state index contributed by atoms with van der Waals surface area (Å²) in [5.74, 6) is -0.682. The highest BCUT2D eigenvalue weighted by Crippen LogP contribution is 2.25. The van der Waals surface area contributed by atoms with Gasteiger partial charge in [0, 0.05) is 30.2 Å². The number of hydrogen-bond donors (Lipinski definition) is 3. The van der Waals surface area contributed by atoms with Crippen molar-refractivity contribution in [2.24, 2.45) is 0 Å². The molecule has 136 valence electrons. The summed E-state index contributed by atoms with van der Waals surface area (Å²) in [7, 11) is 0. The minimum absolute atomic E-state index is 0.0385. The molecule has 2 rings (SSSR count). The molecule has 7 heteroatoms. The molecule has 0 saturated carbocycles. The number of benzene rings is 2. The van der Waals surface area contributed by atoms with Gasteiger partial charge in [-0.25, -0.2) is 0 Å². The number of halogens is 1. The van der Waals surface area contributed by atoms with Crippen molar-refractivity contribution >= 4 is 40.7 Å². The van der Waals surface area contributed by atoms with Crippen molar-refractivity contribution in [3.63, 3.8) is 0 Å². The number of carbonyl (C=O) groups is 3. The first-order chi connectivity index (χ1) is 12.3. The lowest BCUT2D eigenvalue weighted by molar-refractivity contribution is -0.120. The third kappa shape index (κ3) is 5.89. The molecule has 0 unspecified atom stereocenters. The average Bonchev–Trinajstić information content (AvgIpc) is 2.55. The highest BCUT2D eigenvalue weighted by molar-refractivity contribution is 6.31. The van der Waals surface area contributed by atoms with Gasteiger partial charge < -0.3 is 16.0 Å². The molecule has 0 aromatic heterocycles. The number of hydrogen-bond acceptors (Lipinski definition) is 3. The molecule has 2 aromatic carbocycles. The second kappa shape index (κ2) is 9.01. The van der Waals surface area contributed by atoms with Crippen molar-refractivity contribution in [3.8, 4) is 0 Å². The maximum absolute atomic E-state index is 12.4. The average molecular weight is 374 g/mol. The maximum atomic E-state index is 12.4. The molecule has 0 heterocycles. The predicted molar refractivity (Wildman–Crippen MR) is 102 cm³/mol. The second-order valence-corrected chi connectivity index (χ2v) is 6.19. The summed E-state index contributed by atoms with van der Waals surface area (Å²) >= 11 is 6.19. The number of rotatable bonds is 6. The lowest BCUT2D eigenvalue weighted by Crippen LogP contribution is -2.30. The van der Waals surface area contributed by atoms with Crippen LogP contribution in [0.1, 0.15) is 31.9 Å². The molecular weight excluding hydrogens is 354 g/mol. The van der Waals surface area contributed by atoms with E-state index in [1.54, 1.807) is 48.5 Å². The van der Waals surface area contributed by atoms with E-state index in [1.165, 1.54) is 13.8 Å². The molecule has 6 nitrogen and oxygen atoms in total. The van der Waals surface area contributed by atoms with Gasteiger partial charge in [0.05, 0.1) is 12.5 Å². The molecule has 0 aliphatic heterocycles. The van der Waals surface area contributed by atoms with E-state index < -0.39 is 6.04 Å². The zero-order valence-electron chi connectivity index (χ0n) is 14.5. The number of anilines is 2. The van der Waals surface area contributed by atoms with E-state index in [4.69, 9.17) is 11.6 Å². The smallest absolute Gasteiger partial charge is 0.226 e. The van der Waals surface area contributed by atoms with Gasteiger partial charge in [0.25, 0.3) is 0 Å². The standard InChI is InChI=1S/C19H20ClN3O3/c1-12(24)21-14-7-9-15(10-8-14)23-19(26)11-18(22-13(2)25)16-5-3-4-6-17(16)20/h3-10,18H,11H2,1-2H3,(H,21,24)(H,22,25)(H,23,26)/t18-/m0/s1. The van der Waals surface area contributed by atoms with Gasteiger partial charge in [0.2, 0.25) is 17.7 Å². The quantitative estimate of drug-likeness (QED) is 0.724. The van der Waals surface area contributed by atoms with Gasteiger partial charge in [0.15, 0.2) is 0 Å². The zero-order valence-corrected chi connectivity index (χ0v) is 15.3. The molecule has 0 spiro atoms.